The van der Waals surface area contributed by atoms with Crippen molar-refractivity contribution in [3.8, 4) is 0 Å². The van der Waals surface area contributed by atoms with Crippen LogP contribution in [-0.2, 0) is 0 Å². The van der Waals surface area contributed by atoms with E-state index in [1.54, 1.807) is 0 Å². The van der Waals surface area contributed by atoms with Crippen molar-refractivity contribution in [1.82, 2.24) is 14.4 Å². The molecule has 1 saturated carbocycles. The molecular weight excluding hydrogens is 381 g/mol. The summed E-state index contributed by atoms with van der Waals surface area (Å²) in [6.45, 7) is 0. The van der Waals surface area contributed by atoms with Gasteiger partial charge in [-0.15, -0.1) is 0 Å². The van der Waals surface area contributed by atoms with Crippen LogP contribution in [0, 0.1) is 11.7 Å². The Labute approximate surface area is 152 Å². The van der Waals surface area contributed by atoms with Gasteiger partial charge < -0.3 is 0 Å². The van der Waals surface area contributed by atoms with Gasteiger partial charge in [-0.05, 0) is 64.5 Å². The van der Waals surface area contributed by atoms with Gasteiger partial charge in [0, 0.05) is 34.4 Å². The highest BCUT2D eigenvalue weighted by Crippen LogP contribution is 2.47. The first-order valence-electron chi connectivity index (χ1n) is 8.37. The van der Waals surface area contributed by atoms with Crippen LogP contribution in [0.1, 0.15) is 30.0 Å². The zero-order chi connectivity index (χ0) is 17.0. The van der Waals surface area contributed by atoms with Crippen LogP contribution in [0.3, 0.4) is 0 Å². The highest BCUT2D eigenvalue weighted by molar-refractivity contribution is 9.10. The Morgan fingerprint density at radius 3 is 2.88 bits per heavy atom. The molecule has 1 fully saturated rings. The molecule has 1 unspecified atom stereocenters. The minimum atomic E-state index is -0.308. The molecule has 5 rings (SSSR count). The lowest BCUT2D eigenvalue weighted by Crippen LogP contribution is -2.07. The fourth-order valence-corrected chi connectivity index (χ4v) is 4.07. The lowest BCUT2D eigenvalue weighted by molar-refractivity contribution is 0.624. The average molecular weight is 396 g/mol. The van der Waals surface area contributed by atoms with Crippen LogP contribution >= 0.6 is 15.9 Å². The summed E-state index contributed by atoms with van der Waals surface area (Å²) in [5, 5.41) is 1.13. The molecule has 25 heavy (non-hydrogen) atoms. The topological polar surface area (TPSA) is 30.2 Å². The lowest BCUT2D eigenvalue weighted by atomic mass is 9.90. The molecule has 1 atom stereocenters. The zero-order valence-corrected chi connectivity index (χ0v) is 14.9. The number of imidazole rings is 1. The minimum Gasteiger partial charge on any atom is -0.300 e. The molecule has 0 spiro atoms. The fourth-order valence-electron chi connectivity index (χ4n) is 3.66. The number of aromatic nitrogens is 3. The van der Waals surface area contributed by atoms with Crippen molar-refractivity contribution >= 4 is 32.5 Å². The van der Waals surface area contributed by atoms with Gasteiger partial charge in [-0.25, -0.2) is 9.37 Å². The van der Waals surface area contributed by atoms with Gasteiger partial charge in [0.15, 0.2) is 11.5 Å². The molecule has 0 bridgehead atoms. The Kier molecular flexibility index (Phi) is 3.38. The molecule has 3 aromatic heterocycles. The maximum Gasteiger partial charge on any atom is 0.173 e. The first kappa shape index (κ1) is 15.0. The van der Waals surface area contributed by atoms with Crippen molar-refractivity contribution in [3.63, 3.8) is 0 Å². The molecule has 3 heterocycles. The van der Waals surface area contributed by atoms with Crippen LogP contribution in [0.2, 0.25) is 0 Å². The van der Waals surface area contributed by atoms with Crippen molar-refractivity contribution in [2.24, 2.45) is 5.92 Å². The summed E-state index contributed by atoms with van der Waals surface area (Å²) in [4.78, 5) is 8.74. The summed E-state index contributed by atoms with van der Waals surface area (Å²) in [7, 11) is 0. The van der Waals surface area contributed by atoms with Crippen LogP contribution in [-0.4, -0.2) is 14.4 Å². The summed E-state index contributed by atoms with van der Waals surface area (Å²) in [6, 6.07) is 11.9. The number of rotatable bonds is 3. The van der Waals surface area contributed by atoms with Crippen molar-refractivity contribution in [2.45, 2.75) is 18.8 Å². The molecule has 0 N–H and O–H groups in total. The van der Waals surface area contributed by atoms with Crippen molar-refractivity contribution in [1.29, 1.82) is 0 Å². The van der Waals surface area contributed by atoms with Gasteiger partial charge in [0.2, 0.25) is 0 Å². The molecule has 1 aliphatic carbocycles. The second kappa shape index (κ2) is 5.63. The summed E-state index contributed by atoms with van der Waals surface area (Å²) < 4.78 is 16.8. The molecular formula is C20H15BrFN3. The number of benzene rings is 1. The first-order valence-corrected chi connectivity index (χ1v) is 9.17. The Balaban J connectivity index is 1.71. The van der Waals surface area contributed by atoms with Crippen molar-refractivity contribution in [2.75, 3.05) is 0 Å². The Bertz CT molecular complexity index is 1100. The van der Waals surface area contributed by atoms with E-state index >= 15 is 0 Å². The van der Waals surface area contributed by atoms with Gasteiger partial charge >= 0.3 is 0 Å². The zero-order valence-electron chi connectivity index (χ0n) is 13.4. The molecule has 1 aliphatic rings. The van der Waals surface area contributed by atoms with E-state index in [9.17, 15) is 4.39 Å². The molecule has 5 heteroatoms. The summed E-state index contributed by atoms with van der Waals surface area (Å²) in [5.74, 6) is 0.488. The number of pyridine rings is 2. The molecule has 1 aromatic carbocycles. The second-order valence-electron chi connectivity index (χ2n) is 6.65. The van der Waals surface area contributed by atoms with Crippen LogP contribution in [0.15, 0.2) is 59.5 Å². The molecule has 4 aromatic rings. The Morgan fingerprint density at radius 2 is 2.04 bits per heavy atom. The van der Waals surface area contributed by atoms with E-state index < -0.39 is 0 Å². The van der Waals surface area contributed by atoms with Gasteiger partial charge in [-0.1, -0.05) is 12.1 Å². The molecule has 0 radical (unpaired) electrons. The van der Waals surface area contributed by atoms with Crippen LogP contribution in [0.5, 0.6) is 0 Å². The van der Waals surface area contributed by atoms with Gasteiger partial charge in [-0.3, -0.25) is 9.38 Å². The largest absolute Gasteiger partial charge is 0.300 e. The average Bonchev–Trinajstić information content (AvgIpc) is 3.36. The number of hydrogen-bond acceptors (Lipinski definition) is 2. The van der Waals surface area contributed by atoms with Gasteiger partial charge in [-0.2, -0.15) is 0 Å². The molecule has 3 nitrogen and oxygen atoms in total. The van der Waals surface area contributed by atoms with E-state index in [0.717, 1.165) is 16.6 Å². The number of halogens is 2. The fraction of sp³-hybridized carbons (Fsp3) is 0.200. The van der Waals surface area contributed by atoms with E-state index in [1.807, 2.05) is 29.1 Å². The highest BCUT2D eigenvalue weighted by atomic mass is 79.9. The maximum atomic E-state index is 14.2. The van der Waals surface area contributed by atoms with Crippen LogP contribution < -0.4 is 0 Å². The van der Waals surface area contributed by atoms with Gasteiger partial charge in [0.1, 0.15) is 0 Å². The predicted molar refractivity (Wildman–Crippen MR) is 99.2 cm³/mol. The van der Waals surface area contributed by atoms with Crippen molar-refractivity contribution in [3.05, 3.63) is 76.5 Å². The lowest BCUT2D eigenvalue weighted by Gasteiger charge is -2.17. The Morgan fingerprint density at radius 1 is 1.16 bits per heavy atom. The van der Waals surface area contributed by atoms with E-state index in [2.05, 4.69) is 50.2 Å². The second-order valence-corrected chi connectivity index (χ2v) is 7.57. The highest BCUT2D eigenvalue weighted by Gasteiger charge is 2.35. The van der Waals surface area contributed by atoms with Gasteiger partial charge in [0.05, 0.1) is 11.2 Å². The number of hydrogen-bond donors (Lipinski definition) is 0. The van der Waals surface area contributed by atoms with E-state index in [4.69, 9.17) is 0 Å². The third-order valence-corrected chi connectivity index (χ3v) is 5.39. The summed E-state index contributed by atoms with van der Waals surface area (Å²) in [5.41, 5.74) is 3.66. The predicted octanol–water partition coefficient (Wildman–Crippen LogP) is 5.33. The number of nitrogens with zero attached hydrogens (tertiary/aromatic N) is 3. The quantitative estimate of drug-likeness (QED) is 0.469. The SMILES string of the molecule is Fc1cc(Br)cn2c(C(c3ccc4ncccc4c3)C3CC3)cnc12. The Hall–Kier alpha value is -2.27. The first-order chi connectivity index (χ1) is 12.2. The third kappa shape index (κ3) is 2.54. The molecule has 0 amide bonds. The molecule has 0 aliphatic heterocycles. The standard InChI is InChI=1S/C20H15BrFN3/c21-15-9-16(22)20-24-10-18(25(20)11-15)19(12-3-4-12)14-5-6-17-13(8-14)2-1-7-23-17/h1-2,5-12,19H,3-4H2. The molecule has 124 valence electrons. The number of fused-ring (bicyclic) bond motifs is 2. The van der Waals surface area contributed by atoms with Gasteiger partial charge in [0.25, 0.3) is 0 Å². The normalized spacial score (nSPS) is 15.8. The third-order valence-electron chi connectivity index (χ3n) is 4.95. The van der Waals surface area contributed by atoms with Crippen LogP contribution in [0.4, 0.5) is 4.39 Å². The van der Waals surface area contributed by atoms with Crippen LogP contribution in [0.25, 0.3) is 16.6 Å². The van der Waals surface area contributed by atoms with Crippen molar-refractivity contribution < 1.29 is 4.39 Å². The maximum absolute atomic E-state index is 14.2. The van der Waals surface area contributed by atoms with E-state index in [-0.39, 0.29) is 11.7 Å². The van der Waals surface area contributed by atoms with E-state index in [0.29, 0.717) is 16.0 Å². The molecule has 0 saturated heterocycles. The minimum absolute atomic E-state index is 0.216. The summed E-state index contributed by atoms with van der Waals surface area (Å²) in [6.07, 6.45) is 7.92. The monoisotopic (exact) mass is 395 g/mol. The van der Waals surface area contributed by atoms with E-state index in [1.165, 1.54) is 24.5 Å². The summed E-state index contributed by atoms with van der Waals surface area (Å²) >= 11 is 3.40. The smallest absolute Gasteiger partial charge is 0.173 e.